The normalized spacial score (nSPS) is 40.3. The lowest BCUT2D eigenvalue weighted by molar-refractivity contribution is -0.329. The molecule has 0 spiro atoms. The van der Waals surface area contributed by atoms with E-state index in [4.69, 9.17) is 42.6 Å². The lowest BCUT2D eigenvalue weighted by Crippen LogP contribution is -2.69. The Bertz CT molecular complexity index is 2570. The Balaban J connectivity index is 1.04. The number of aliphatic hydroxyl groups is 1. The van der Waals surface area contributed by atoms with Crippen LogP contribution in [-0.4, -0.2) is 133 Å². The van der Waals surface area contributed by atoms with Gasteiger partial charge in [0.1, 0.15) is 24.9 Å². The fraction of sp³-hybridized carbons (Fsp3) is 0.717. The first-order valence-electron chi connectivity index (χ1n) is 28.0. The number of imide groups is 1. The van der Waals surface area contributed by atoms with Gasteiger partial charge in [-0.1, -0.05) is 84.9 Å². The first-order valence-corrected chi connectivity index (χ1v) is 28.0. The van der Waals surface area contributed by atoms with Crippen molar-refractivity contribution in [2.24, 2.45) is 50.2 Å². The quantitative estimate of drug-likeness (QED) is 0.0655. The fourth-order valence-corrected chi connectivity index (χ4v) is 16.6. The van der Waals surface area contributed by atoms with Crippen LogP contribution in [0.15, 0.2) is 48.6 Å². The molecule has 428 valence electrons. The summed E-state index contributed by atoms with van der Waals surface area (Å²) in [5.41, 5.74) is 0.188. The van der Waals surface area contributed by atoms with Crippen LogP contribution in [0.2, 0.25) is 0 Å². The Morgan fingerprint density at radius 3 is 2.00 bits per heavy atom. The monoisotopic (exact) mass is 1090 g/mol. The number of carbonyl (C=O) groups is 7. The van der Waals surface area contributed by atoms with Gasteiger partial charge in [-0.3, -0.25) is 38.5 Å². The van der Waals surface area contributed by atoms with Gasteiger partial charge in [0, 0.05) is 27.7 Å². The molecule has 5 aliphatic carbocycles. The lowest BCUT2D eigenvalue weighted by Gasteiger charge is -2.71. The van der Waals surface area contributed by atoms with Crippen molar-refractivity contribution in [2.45, 2.75) is 202 Å². The zero-order valence-electron chi connectivity index (χ0n) is 47.3. The van der Waals surface area contributed by atoms with Crippen molar-refractivity contribution in [1.29, 1.82) is 0 Å². The first-order chi connectivity index (χ1) is 36.6. The number of rotatable bonds is 13. The van der Waals surface area contributed by atoms with E-state index in [1.807, 2.05) is 0 Å². The number of esters is 5. The van der Waals surface area contributed by atoms with Crippen molar-refractivity contribution < 1.29 is 81.3 Å². The number of fused-ring (bicyclic) bond motifs is 8. The highest BCUT2D eigenvalue weighted by atomic mass is 16.7. The number of carbonyl (C=O) groups excluding carboxylic acids is 7. The van der Waals surface area contributed by atoms with E-state index in [-0.39, 0.29) is 69.7 Å². The van der Waals surface area contributed by atoms with Gasteiger partial charge in [0.25, 0.3) is 11.8 Å². The molecule has 0 aromatic heterocycles. The van der Waals surface area contributed by atoms with Crippen LogP contribution in [0.4, 0.5) is 0 Å². The summed E-state index contributed by atoms with van der Waals surface area (Å²) >= 11 is 0. The second-order valence-corrected chi connectivity index (χ2v) is 25.7. The van der Waals surface area contributed by atoms with E-state index in [1.54, 1.807) is 18.2 Å². The number of ether oxygens (including phenoxy) is 9. The Morgan fingerprint density at radius 1 is 0.756 bits per heavy atom. The van der Waals surface area contributed by atoms with Crippen molar-refractivity contribution in [3.63, 3.8) is 0 Å². The van der Waals surface area contributed by atoms with Gasteiger partial charge >= 0.3 is 29.8 Å². The van der Waals surface area contributed by atoms with Crippen LogP contribution in [0.5, 0.6) is 0 Å². The fourth-order valence-electron chi connectivity index (χ4n) is 16.6. The van der Waals surface area contributed by atoms with Crippen LogP contribution in [0.3, 0.4) is 0 Å². The Hall–Kier alpha value is -5.01. The first kappa shape index (κ1) is 57.7. The third-order valence-electron chi connectivity index (χ3n) is 20.4. The lowest BCUT2D eigenvalue weighted by atomic mass is 9.33. The van der Waals surface area contributed by atoms with Crippen LogP contribution in [0, 0.1) is 50.2 Å². The maximum absolute atomic E-state index is 14.6. The van der Waals surface area contributed by atoms with Crippen LogP contribution >= 0.6 is 0 Å². The molecule has 78 heavy (non-hydrogen) atoms. The van der Waals surface area contributed by atoms with Crippen molar-refractivity contribution in [2.75, 3.05) is 19.8 Å². The molecule has 1 aromatic carbocycles. The van der Waals surface area contributed by atoms with Gasteiger partial charge in [0.2, 0.25) is 0 Å². The molecule has 0 bridgehead atoms. The number of nitrogens with zero attached hydrogens (tertiary/aromatic N) is 1. The Morgan fingerprint density at radius 2 is 1.37 bits per heavy atom. The number of amides is 2. The van der Waals surface area contributed by atoms with Crippen molar-refractivity contribution in [3.05, 3.63) is 59.7 Å². The van der Waals surface area contributed by atoms with Gasteiger partial charge in [-0.15, -0.1) is 0 Å². The van der Waals surface area contributed by atoms with Gasteiger partial charge in [0.05, 0.1) is 35.9 Å². The molecule has 3 aliphatic heterocycles. The van der Waals surface area contributed by atoms with Gasteiger partial charge in [-0.05, 0) is 121 Å². The Labute approximate surface area is 457 Å². The maximum Gasteiger partial charge on any atom is 0.312 e. The SMILES string of the molecule is C=CCOC(=O)[C@]12CCC(C)(C)C[C@H]1C1=CC[C@@H]3[C@@]4(C)CC[C@H](O[C@@H]5O[C@H](CO[C@@H]6OC[C@H](OC(C)=O)[C@H](OC(C)=O)[C@H]6O)[C@@H](OC(C)=O)[C@H](OC(C)=O)[C@H]5N5C(=O)c6ccccc6C5=O)C(C)(C)[C@@H]4CC[C@@]3(C)[C@]1(C)CC2. The van der Waals surface area contributed by atoms with Crippen LogP contribution in [0.1, 0.15) is 161 Å². The Kier molecular flexibility index (Phi) is 15.6. The summed E-state index contributed by atoms with van der Waals surface area (Å²) < 4.78 is 54.7. The number of aliphatic hydroxyl groups excluding tert-OH is 1. The van der Waals surface area contributed by atoms with E-state index >= 15 is 0 Å². The second kappa shape index (κ2) is 21.1. The molecule has 4 saturated carbocycles. The molecular formula is C60H81NO17. The molecule has 1 N–H and O–H groups in total. The number of allylic oxidation sites excluding steroid dienone is 2. The molecule has 6 fully saturated rings. The number of hydrogen-bond donors (Lipinski definition) is 1. The van der Waals surface area contributed by atoms with E-state index in [2.05, 4.69) is 61.1 Å². The minimum absolute atomic E-state index is 0.0721. The van der Waals surface area contributed by atoms with E-state index in [0.29, 0.717) is 6.42 Å². The van der Waals surface area contributed by atoms with Crippen molar-refractivity contribution >= 4 is 41.7 Å². The molecule has 8 aliphatic rings. The average molecular weight is 1090 g/mol. The molecule has 9 rings (SSSR count). The van der Waals surface area contributed by atoms with E-state index in [0.717, 1.165) is 90.4 Å². The number of benzene rings is 1. The molecule has 0 radical (unpaired) electrons. The van der Waals surface area contributed by atoms with E-state index in [1.165, 1.54) is 17.7 Å². The van der Waals surface area contributed by atoms with Gasteiger partial charge in [-0.25, -0.2) is 0 Å². The highest BCUT2D eigenvalue weighted by molar-refractivity contribution is 6.21. The predicted octanol–water partition coefficient (Wildman–Crippen LogP) is 7.75. The molecule has 18 nitrogen and oxygen atoms in total. The third-order valence-corrected chi connectivity index (χ3v) is 20.4. The second-order valence-electron chi connectivity index (χ2n) is 25.7. The van der Waals surface area contributed by atoms with E-state index in [9.17, 15) is 38.7 Å². The molecule has 17 atom stereocenters. The maximum atomic E-state index is 14.6. The minimum atomic E-state index is -1.69. The summed E-state index contributed by atoms with van der Waals surface area (Å²) in [6.45, 7) is 24.3. The summed E-state index contributed by atoms with van der Waals surface area (Å²) in [5.74, 6) is -4.07. The predicted molar refractivity (Wildman–Crippen MR) is 278 cm³/mol. The van der Waals surface area contributed by atoms with Gasteiger partial charge < -0.3 is 47.7 Å². The average Bonchev–Trinajstić information content (AvgIpc) is 2.95. The topological polar surface area (TPSA) is 226 Å². The highest BCUT2D eigenvalue weighted by Crippen LogP contribution is 2.76. The molecule has 1 aromatic rings. The zero-order chi connectivity index (χ0) is 56.7. The summed E-state index contributed by atoms with van der Waals surface area (Å²) in [7, 11) is 0. The van der Waals surface area contributed by atoms with Gasteiger partial charge in [-0.2, -0.15) is 0 Å². The van der Waals surface area contributed by atoms with Crippen molar-refractivity contribution in [3.8, 4) is 0 Å². The largest absolute Gasteiger partial charge is 0.461 e. The minimum Gasteiger partial charge on any atom is -0.461 e. The smallest absolute Gasteiger partial charge is 0.312 e. The zero-order valence-corrected chi connectivity index (χ0v) is 47.3. The van der Waals surface area contributed by atoms with Crippen LogP contribution in [0.25, 0.3) is 0 Å². The molecule has 0 unspecified atom stereocenters. The van der Waals surface area contributed by atoms with Gasteiger partial charge in [0.15, 0.2) is 37.0 Å². The molecule has 18 heteroatoms. The summed E-state index contributed by atoms with van der Waals surface area (Å²) in [6.07, 6.45) is 0.284. The van der Waals surface area contributed by atoms with Crippen molar-refractivity contribution in [1.82, 2.24) is 4.90 Å². The third kappa shape index (κ3) is 9.74. The molecule has 2 saturated heterocycles. The molecule has 3 heterocycles. The summed E-state index contributed by atoms with van der Waals surface area (Å²) in [4.78, 5) is 94.8. The van der Waals surface area contributed by atoms with E-state index < -0.39 is 114 Å². The standard InChI is InChI=1S/C60H81NO17/c1-13-28-70-54(69)60-26-24-55(6,7)29-39(60)38-18-19-43-57(10)22-21-44(56(8,9)42(57)20-23-59(43,12)58(38,11)25-27-60)78-52-45(61-50(67)36-16-14-15-17-37(36)51(61)68)49(76-35(5)65)48(75-34(4)64)41(77-52)31-72-53-46(66)47(74-33(3)63)40(30-71-53)73-32(2)62/h13-18,39-49,52-53,66H,1,19-31H2,2-12H3/t39-,40-,41+,42-,43+,44-,45+,46+,47-,48+,49+,52-,53-,57-,58+,59+,60-/m0/s1. The number of hydrogen-bond acceptors (Lipinski definition) is 17. The molecular weight excluding hydrogens is 1010 g/mol. The summed E-state index contributed by atoms with van der Waals surface area (Å²) in [5, 5.41) is 11.5. The van der Waals surface area contributed by atoms with Crippen LogP contribution in [-0.2, 0) is 66.6 Å². The highest BCUT2D eigenvalue weighted by Gasteiger charge is 2.70. The van der Waals surface area contributed by atoms with Crippen LogP contribution < -0.4 is 0 Å². The summed E-state index contributed by atoms with van der Waals surface area (Å²) in [6, 6.07) is 4.85. The molecule has 2 amide bonds.